The van der Waals surface area contributed by atoms with E-state index in [4.69, 9.17) is 4.74 Å². The van der Waals surface area contributed by atoms with E-state index in [0.29, 0.717) is 0 Å². The number of benzene rings is 1. The maximum atomic E-state index is 13.3. The Kier molecular flexibility index (Phi) is 3.11. The molecule has 0 saturated carbocycles. The number of aromatic nitrogens is 1. The Morgan fingerprint density at radius 1 is 1.28 bits per heavy atom. The Balaban J connectivity index is 1.92. The summed E-state index contributed by atoms with van der Waals surface area (Å²) in [5.41, 5.74) is 0.767. The number of ether oxygens (including phenoxy) is 1. The van der Waals surface area contributed by atoms with Gasteiger partial charge in [-0.25, -0.2) is 4.39 Å². The minimum Gasteiger partial charge on any atom is -0.490 e. The SMILES string of the molecule is Fc1cnc2cccc(OC3CCNCC3)c2c1. The normalized spacial score (nSPS) is 16.9. The first-order chi connectivity index (χ1) is 8.83. The summed E-state index contributed by atoms with van der Waals surface area (Å²) in [7, 11) is 0. The Hall–Kier alpha value is -1.68. The highest BCUT2D eigenvalue weighted by molar-refractivity contribution is 5.84. The third-order valence-electron chi connectivity index (χ3n) is 3.23. The van der Waals surface area contributed by atoms with Gasteiger partial charge in [-0.05, 0) is 44.1 Å². The van der Waals surface area contributed by atoms with E-state index in [0.717, 1.165) is 42.6 Å². The molecule has 0 radical (unpaired) electrons. The second-order valence-electron chi connectivity index (χ2n) is 4.54. The smallest absolute Gasteiger partial charge is 0.142 e. The highest BCUT2D eigenvalue weighted by atomic mass is 19.1. The van der Waals surface area contributed by atoms with Crippen LogP contribution in [-0.4, -0.2) is 24.2 Å². The molecule has 0 spiro atoms. The first-order valence-corrected chi connectivity index (χ1v) is 6.24. The van der Waals surface area contributed by atoms with Crippen LogP contribution < -0.4 is 10.1 Å². The van der Waals surface area contributed by atoms with Gasteiger partial charge in [-0.3, -0.25) is 4.98 Å². The van der Waals surface area contributed by atoms with Crippen LogP contribution in [0.4, 0.5) is 4.39 Å². The molecule has 0 atom stereocenters. The van der Waals surface area contributed by atoms with Crippen molar-refractivity contribution in [3.63, 3.8) is 0 Å². The molecule has 0 amide bonds. The molecule has 3 rings (SSSR count). The van der Waals surface area contributed by atoms with E-state index in [1.54, 1.807) is 0 Å². The predicted molar refractivity (Wildman–Crippen MR) is 68.2 cm³/mol. The molecule has 2 aromatic rings. The molecule has 2 heterocycles. The highest BCUT2D eigenvalue weighted by Gasteiger charge is 2.15. The van der Waals surface area contributed by atoms with Gasteiger partial charge in [0.05, 0.1) is 11.7 Å². The average molecular weight is 246 g/mol. The number of hydrogen-bond acceptors (Lipinski definition) is 3. The molecule has 0 bridgehead atoms. The predicted octanol–water partition coefficient (Wildman–Crippen LogP) is 2.50. The van der Waals surface area contributed by atoms with Gasteiger partial charge in [-0.2, -0.15) is 0 Å². The van der Waals surface area contributed by atoms with Crippen LogP contribution in [0.25, 0.3) is 10.9 Å². The van der Waals surface area contributed by atoms with Gasteiger partial charge in [0.15, 0.2) is 0 Å². The second kappa shape index (κ2) is 4.90. The monoisotopic (exact) mass is 246 g/mol. The molecule has 1 aliphatic heterocycles. The summed E-state index contributed by atoms with van der Waals surface area (Å²) in [4.78, 5) is 4.07. The van der Waals surface area contributed by atoms with Crippen molar-refractivity contribution in [1.82, 2.24) is 10.3 Å². The average Bonchev–Trinajstić information content (AvgIpc) is 2.41. The molecule has 1 saturated heterocycles. The molecular weight excluding hydrogens is 231 g/mol. The Morgan fingerprint density at radius 2 is 2.11 bits per heavy atom. The molecule has 1 fully saturated rings. The van der Waals surface area contributed by atoms with Crippen molar-refractivity contribution in [3.05, 3.63) is 36.3 Å². The van der Waals surface area contributed by atoms with Crippen molar-refractivity contribution >= 4 is 10.9 Å². The van der Waals surface area contributed by atoms with Gasteiger partial charge in [0.25, 0.3) is 0 Å². The van der Waals surface area contributed by atoms with Gasteiger partial charge in [0.1, 0.15) is 17.7 Å². The van der Waals surface area contributed by atoms with Gasteiger partial charge >= 0.3 is 0 Å². The van der Waals surface area contributed by atoms with Crippen molar-refractivity contribution in [2.45, 2.75) is 18.9 Å². The first kappa shape index (κ1) is 11.4. The second-order valence-corrected chi connectivity index (χ2v) is 4.54. The van der Waals surface area contributed by atoms with Crippen molar-refractivity contribution in [2.75, 3.05) is 13.1 Å². The van der Waals surface area contributed by atoms with Gasteiger partial charge in [0.2, 0.25) is 0 Å². The van der Waals surface area contributed by atoms with E-state index in [1.807, 2.05) is 18.2 Å². The van der Waals surface area contributed by atoms with Crippen molar-refractivity contribution in [1.29, 1.82) is 0 Å². The molecule has 1 aliphatic rings. The molecule has 0 aliphatic carbocycles. The van der Waals surface area contributed by atoms with Gasteiger partial charge in [-0.1, -0.05) is 6.07 Å². The Bertz CT molecular complexity index is 552. The number of nitrogens with one attached hydrogen (secondary N) is 1. The fourth-order valence-electron chi connectivity index (χ4n) is 2.29. The molecule has 4 heteroatoms. The van der Waals surface area contributed by atoms with Gasteiger partial charge in [0, 0.05) is 5.39 Å². The van der Waals surface area contributed by atoms with Crippen LogP contribution in [0.15, 0.2) is 30.5 Å². The molecule has 3 nitrogen and oxygen atoms in total. The van der Waals surface area contributed by atoms with Crippen molar-refractivity contribution in [2.24, 2.45) is 0 Å². The number of piperidine rings is 1. The fourth-order valence-corrected chi connectivity index (χ4v) is 2.29. The lowest BCUT2D eigenvalue weighted by atomic mass is 10.1. The zero-order valence-corrected chi connectivity index (χ0v) is 10.0. The molecule has 94 valence electrons. The lowest BCUT2D eigenvalue weighted by Crippen LogP contribution is -2.34. The van der Waals surface area contributed by atoms with E-state index >= 15 is 0 Å². The van der Waals surface area contributed by atoms with E-state index in [1.165, 1.54) is 12.3 Å². The quantitative estimate of drug-likeness (QED) is 0.884. The van der Waals surface area contributed by atoms with E-state index in [-0.39, 0.29) is 11.9 Å². The number of fused-ring (bicyclic) bond motifs is 1. The maximum absolute atomic E-state index is 13.3. The van der Waals surface area contributed by atoms with Crippen LogP contribution in [0, 0.1) is 5.82 Å². The summed E-state index contributed by atoms with van der Waals surface area (Å²) in [6, 6.07) is 7.12. The number of rotatable bonds is 2. The van der Waals surface area contributed by atoms with Crippen LogP contribution in [0.5, 0.6) is 5.75 Å². The minimum absolute atomic E-state index is 0.208. The molecule has 0 unspecified atom stereocenters. The molecule has 1 N–H and O–H groups in total. The third kappa shape index (κ3) is 2.29. The number of hydrogen-bond donors (Lipinski definition) is 1. The lowest BCUT2D eigenvalue weighted by Gasteiger charge is -2.24. The first-order valence-electron chi connectivity index (χ1n) is 6.24. The van der Waals surface area contributed by atoms with E-state index in [9.17, 15) is 4.39 Å². The fraction of sp³-hybridized carbons (Fsp3) is 0.357. The van der Waals surface area contributed by atoms with Crippen LogP contribution in [0.3, 0.4) is 0 Å². The zero-order valence-electron chi connectivity index (χ0n) is 10.0. The topological polar surface area (TPSA) is 34.1 Å². The van der Waals surface area contributed by atoms with E-state index < -0.39 is 0 Å². The van der Waals surface area contributed by atoms with Crippen LogP contribution >= 0.6 is 0 Å². The summed E-state index contributed by atoms with van der Waals surface area (Å²) in [5, 5.41) is 4.04. The highest BCUT2D eigenvalue weighted by Crippen LogP contribution is 2.26. The van der Waals surface area contributed by atoms with Gasteiger partial charge < -0.3 is 10.1 Å². The van der Waals surface area contributed by atoms with Gasteiger partial charge in [-0.15, -0.1) is 0 Å². The zero-order chi connectivity index (χ0) is 12.4. The molecular formula is C14H15FN2O. The summed E-state index contributed by atoms with van der Waals surface area (Å²) in [6.45, 7) is 1.95. The summed E-state index contributed by atoms with van der Waals surface area (Å²) in [5.74, 6) is 0.398. The third-order valence-corrected chi connectivity index (χ3v) is 3.23. The standard InChI is InChI=1S/C14H15FN2O/c15-10-8-12-13(17-9-10)2-1-3-14(12)18-11-4-6-16-7-5-11/h1-3,8-9,11,16H,4-7H2. The Morgan fingerprint density at radius 3 is 2.94 bits per heavy atom. The molecule has 1 aromatic carbocycles. The number of nitrogens with zero attached hydrogens (tertiary/aromatic N) is 1. The summed E-state index contributed by atoms with van der Waals surface area (Å²) in [6.07, 6.45) is 3.41. The van der Waals surface area contributed by atoms with Crippen LogP contribution in [0.2, 0.25) is 0 Å². The Labute approximate surface area is 105 Å². The number of halogens is 1. The minimum atomic E-state index is -0.330. The summed E-state index contributed by atoms with van der Waals surface area (Å²) >= 11 is 0. The van der Waals surface area contributed by atoms with Crippen LogP contribution in [0.1, 0.15) is 12.8 Å². The van der Waals surface area contributed by atoms with E-state index in [2.05, 4.69) is 10.3 Å². The molecule has 1 aromatic heterocycles. The van der Waals surface area contributed by atoms with Crippen LogP contribution in [-0.2, 0) is 0 Å². The lowest BCUT2D eigenvalue weighted by molar-refractivity contribution is 0.164. The maximum Gasteiger partial charge on any atom is 0.142 e. The molecule has 18 heavy (non-hydrogen) atoms. The van der Waals surface area contributed by atoms with Crippen molar-refractivity contribution < 1.29 is 9.13 Å². The number of pyridine rings is 1. The largest absolute Gasteiger partial charge is 0.490 e. The van der Waals surface area contributed by atoms with Crippen molar-refractivity contribution in [3.8, 4) is 5.75 Å². The summed E-state index contributed by atoms with van der Waals surface area (Å²) < 4.78 is 19.2.